The highest BCUT2D eigenvalue weighted by Gasteiger charge is 2.28. The van der Waals surface area contributed by atoms with Crippen molar-refractivity contribution in [2.75, 3.05) is 26.2 Å². The molecule has 0 aliphatic carbocycles. The number of piperidine rings is 1. The average Bonchev–Trinajstić information content (AvgIpc) is 2.61. The van der Waals surface area contributed by atoms with Crippen LogP contribution >= 0.6 is 0 Å². The molecular weight excluding hydrogens is 288 g/mol. The minimum atomic E-state index is -0.0329. The Hall–Kier alpha value is -1.55. The molecule has 1 amide bonds. The van der Waals surface area contributed by atoms with Crippen molar-refractivity contribution in [3.63, 3.8) is 0 Å². The van der Waals surface area contributed by atoms with Gasteiger partial charge in [0.05, 0.1) is 12.1 Å². The molecular formula is C19H30N2O2. The molecule has 0 spiro atoms. The van der Waals surface area contributed by atoms with Crippen LogP contribution in [-0.2, 0) is 4.79 Å². The molecule has 1 fully saturated rings. The molecule has 1 aromatic carbocycles. The number of carbonyl (C=O) groups excluding carboxylic acids is 1. The standard InChI is InChI=1S/C19H30N2O2/c1-4-21(16(2)15-23-18-11-7-5-8-12-18)19(22)17(3)20-13-9-6-10-14-20/h5,7-8,11-12,16-17H,4,6,9-10,13-15H2,1-3H3. The molecule has 2 atom stereocenters. The SMILES string of the molecule is CCN(C(=O)C(C)N1CCCCC1)C(C)COc1ccccc1. The maximum Gasteiger partial charge on any atom is 0.239 e. The van der Waals surface area contributed by atoms with E-state index in [0.717, 1.165) is 25.4 Å². The lowest BCUT2D eigenvalue weighted by Gasteiger charge is -2.36. The Bertz CT molecular complexity index is 472. The lowest BCUT2D eigenvalue weighted by molar-refractivity contribution is -0.139. The molecule has 0 bridgehead atoms. The van der Waals surface area contributed by atoms with E-state index in [9.17, 15) is 4.79 Å². The number of nitrogens with zero attached hydrogens (tertiary/aromatic N) is 2. The van der Waals surface area contributed by atoms with E-state index >= 15 is 0 Å². The van der Waals surface area contributed by atoms with Crippen molar-refractivity contribution in [1.82, 2.24) is 9.80 Å². The van der Waals surface area contributed by atoms with Crippen LogP contribution in [-0.4, -0.2) is 54.0 Å². The smallest absolute Gasteiger partial charge is 0.239 e. The summed E-state index contributed by atoms with van der Waals surface area (Å²) in [6.07, 6.45) is 3.70. The van der Waals surface area contributed by atoms with Gasteiger partial charge in [0.2, 0.25) is 5.91 Å². The fourth-order valence-electron chi connectivity index (χ4n) is 3.21. The van der Waals surface area contributed by atoms with Gasteiger partial charge >= 0.3 is 0 Å². The third-order valence-corrected chi connectivity index (χ3v) is 4.69. The number of likely N-dealkylation sites (tertiary alicyclic amines) is 1. The predicted octanol–water partition coefficient (Wildman–Crippen LogP) is 3.18. The van der Waals surface area contributed by atoms with Gasteiger partial charge in [0.25, 0.3) is 0 Å². The molecule has 1 heterocycles. The summed E-state index contributed by atoms with van der Waals surface area (Å²) in [5.74, 6) is 1.07. The van der Waals surface area contributed by atoms with Gasteiger partial charge in [-0.1, -0.05) is 24.6 Å². The van der Waals surface area contributed by atoms with Crippen molar-refractivity contribution >= 4 is 5.91 Å². The maximum atomic E-state index is 12.9. The van der Waals surface area contributed by atoms with Crippen molar-refractivity contribution in [2.45, 2.75) is 52.1 Å². The maximum absolute atomic E-state index is 12.9. The van der Waals surface area contributed by atoms with Gasteiger partial charge in [-0.15, -0.1) is 0 Å². The first-order chi connectivity index (χ1) is 11.1. The summed E-state index contributed by atoms with van der Waals surface area (Å²) in [7, 11) is 0. The molecule has 128 valence electrons. The van der Waals surface area contributed by atoms with Gasteiger partial charge < -0.3 is 9.64 Å². The quantitative estimate of drug-likeness (QED) is 0.774. The van der Waals surface area contributed by atoms with Crippen molar-refractivity contribution in [3.8, 4) is 5.75 Å². The Morgan fingerprint density at radius 3 is 2.43 bits per heavy atom. The summed E-state index contributed by atoms with van der Waals surface area (Å²) in [5.41, 5.74) is 0. The molecule has 23 heavy (non-hydrogen) atoms. The van der Waals surface area contributed by atoms with Crippen molar-refractivity contribution in [3.05, 3.63) is 30.3 Å². The second kappa shape index (κ2) is 8.92. The molecule has 2 rings (SSSR count). The summed E-state index contributed by atoms with van der Waals surface area (Å²) in [6, 6.07) is 9.82. The van der Waals surface area contributed by atoms with Gasteiger partial charge in [0.15, 0.2) is 0 Å². The Balaban J connectivity index is 1.90. The molecule has 1 saturated heterocycles. The summed E-state index contributed by atoms with van der Waals surface area (Å²) in [6.45, 7) is 9.47. The molecule has 0 N–H and O–H groups in total. The van der Waals surface area contributed by atoms with Crippen LogP contribution in [0.4, 0.5) is 0 Å². The first kappa shape index (κ1) is 17.8. The van der Waals surface area contributed by atoms with Gasteiger partial charge in [-0.25, -0.2) is 0 Å². The number of hydrogen-bond donors (Lipinski definition) is 0. The molecule has 4 heteroatoms. The zero-order chi connectivity index (χ0) is 16.7. The number of benzene rings is 1. The van der Waals surface area contributed by atoms with Gasteiger partial charge in [0, 0.05) is 6.54 Å². The van der Waals surface area contributed by atoms with Crippen LogP contribution in [0.3, 0.4) is 0 Å². The highest BCUT2D eigenvalue weighted by atomic mass is 16.5. The minimum absolute atomic E-state index is 0.0329. The molecule has 0 aromatic heterocycles. The first-order valence-electron chi connectivity index (χ1n) is 8.86. The van der Waals surface area contributed by atoms with E-state index in [4.69, 9.17) is 4.74 Å². The van der Waals surface area contributed by atoms with Crippen LogP contribution in [0, 0.1) is 0 Å². The molecule has 1 aliphatic rings. The predicted molar refractivity (Wildman–Crippen MR) is 93.7 cm³/mol. The number of amides is 1. The summed E-state index contributed by atoms with van der Waals surface area (Å²) >= 11 is 0. The fraction of sp³-hybridized carbons (Fsp3) is 0.632. The number of hydrogen-bond acceptors (Lipinski definition) is 3. The zero-order valence-electron chi connectivity index (χ0n) is 14.7. The van der Waals surface area contributed by atoms with E-state index in [1.54, 1.807) is 0 Å². The molecule has 0 radical (unpaired) electrons. The molecule has 2 unspecified atom stereocenters. The minimum Gasteiger partial charge on any atom is -0.491 e. The number of para-hydroxylation sites is 1. The molecule has 1 aliphatic heterocycles. The number of carbonyl (C=O) groups is 1. The van der Waals surface area contributed by atoms with E-state index in [1.165, 1.54) is 19.3 Å². The monoisotopic (exact) mass is 318 g/mol. The molecule has 1 aromatic rings. The van der Waals surface area contributed by atoms with Crippen LogP contribution in [0.2, 0.25) is 0 Å². The summed E-state index contributed by atoms with van der Waals surface area (Å²) in [5, 5.41) is 0. The van der Waals surface area contributed by atoms with Gasteiger partial charge in [-0.3, -0.25) is 9.69 Å². The van der Waals surface area contributed by atoms with Gasteiger partial charge in [-0.05, 0) is 58.8 Å². The zero-order valence-corrected chi connectivity index (χ0v) is 14.7. The van der Waals surface area contributed by atoms with E-state index < -0.39 is 0 Å². The Kier molecular flexibility index (Phi) is 6.90. The topological polar surface area (TPSA) is 32.8 Å². The van der Waals surface area contributed by atoms with Gasteiger partial charge in [-0.2, -0.15) is 0 Å². The second-order valence-electron chi connectivity index (χ2n) is 6.37. The first-order valence-corrected chi connectivity index (χ1v) is 8.86. The third kappa shape index (κ3) is 4.96. The average molecular weight is 318 g/mol. The van der Waals surface area contributed by atoms with E-state index in [-0.39, 0.29) is 18.0 Å². The fourth-order valence-corrected chi connectivity index (χ4v) is 3.21. The Morgan fingerprint density at radius 1 is 1.17 bits per heavy atom. The summed E-state index contributed by atoms with van der Waals surface area (Å²) < 4.78 is 5.82. The molecule has 0 saturated carbocycles. The number of ether oxygens (including phenoxy) is 1. The van der Waals surface area contributed by atoms with Gasteiger partial charge in [0.1, 0.15) is 12.4 Å². The van der Waals surface area contributed by atoms with E-state index in [2.05, 4.69) is 11.8 Å². The van der Waals surface area contributed by atoms with Crippen molar-refractivity contribution in [2.24, 2.45) is 0 Å². The lowest BCUT2D eigenvalue weighted by Crippen LogP contribution is -2.52. The highest BCUT2D eigenvalue weighted by molar-refractivity contribution is 5.81. The second-order valence-corrected chi connectivity index (χ2v) is 6.37. The van der Waals surface area contributed by atoms with Crippen LogP contribution in [0.15, 0.2) is 30.3 Å². The lowest BCUT2D eigenvalue weighted by atomic mass is 10.1. The van der Waals surface area contributed by atoms with E-state index in [0.29, 0.717) is 6.61 Å². The van der Waals surface area contributed by atoms with Crippen molar-refractivity contribution < 1.29 is 9.53 Å². The van der Waals surface area contributed by atoms with Crippen LogP contribution in [0.5, 0.6) is 5.75 Å². The summed E-state index contributed by atoms with van der Waals surface area (Å²) in [4.78, 5) is 17.1. The largest absolute Gasteiger partial charge is 0.491 e. The third-order valence-electron chi connectivity index (χ3n) is 4.69. The van der Waals surface area contributed by atoms with Crippen LogP contribution in [0.25, 0.3) is 0 Å². The van der Waals surface area contributed by atoms with Crippen LogP contribution < -0.4 is 4.74 Å². The Morgan fingerprint density at radius 2 is 1.83 bits per heavy atom. The van der Waals surface area contributed by atoms with Crippen LogP contribution in [0.1, 0.15) is 40.0 Å². The highest BCUT2D eigenvalue weighted by Crippen LogP contribution is 2.16. The number of likely N-dealkylation sites (N-methyl/N-ethyl adjacent to an activating group) is 1. The number of rotatable bonds is 7. The Labute approximate surface area is 140 Å². The van der Waals surface area contributed by atoms with Crippen molar-refractivity contribution in [1.29, 1.82) is 0 Å². The normalized spacial score (nSPS) is 18.2. The molecule has 4 nitrogen and oxygen atoms in total. The van der Waals surface area contributed by atoms with E-state index in [1.807, 2.05) is 49.1 Å².